The van der Waals surface area contributed by atoms with Gasteiger partial charge in [-0.3, -0.25) is 9.59 Å². The summed E-state index contributed by atoms with van der Waals surface area (Å²) in [6.45, 7) is 0. The molecule has 0 radical (unpaired) electrons. The number of hydrogen-bond acceptors (Lipinski definition) is 4. The molecule has 2 aromatic rings. The molecule has 0 saturated carbocycles. The van der Waals surface area contributed by atoms with Crippen molar-refractivity contribution in [3.63, 3.8) is 0 Å². The van der Waals surface area contributed by atoms with Crippen molar-refractivity contribution in [1.82, 2.24) is 0 Å². The molecule has 0 aliphatic carbocycles. The Bertz CT molecular complexity index is 820. The van der Waals surface area contributed by atoms with E-state index in [0.29, 0.717) is 16.4 Å². The van der Waals surface area contributed by atoms with Gasteiger partial charge in [-0.2, -0.15) is 0 Å². The van der Waals surface area contributed by atoms with E-state index in [1.807, 2.05) is 0 Å². The molecule has 3 rings (SSSR count). The molecule has 0 aromatic heterocycles. The van der Waals surface area contributed by atoms with E-state index in [2.05, 4.69) is 5.32 Å². The summed E-state index contributed by atoms with van der Waals surface area (Å²) in [7, 11) is 0. The molecule has 1 aliphatic heterocycles. The Kier molecular flexibility index (Phi) is 4.22. The number of carboxylic acids is 1. The van der Waals surface area contributed by atoms with Gasteiger partial charge in [0.15, 0.2) is 0 Å². The lowest BCUT2D eigenvalue weighted by Gasteiger charge is -2.17. The van der Waals surface area contributed by atoms with Crippen LogP contribution in [0.25, 0.3) is 0 Å². The van der Waals surface area contributed by atoms with Crippen LogP contribution in [0.5, 0.6) is 0 Å². The number of nitrogens with one attached hydrogen (secondary N) is 1. The Labute approximate surface area is 142 Å². The second-order valence-electron chi connectivity index (χ2n) is 5.30. The van der Waals surface area contributed by atoms with Gasteiger partial charge in [0.25, 0.3) is 5.91 Å². The summed E-state index contributed by atoms with van der Waals surface area (Å²) in [6, 6.07) is 11.9. The highest BCUT2D eigenvalue weighted by Gasteiger charge is 2.40. The average Bonchev–Trinajstić information content (AvgIpc) is 2.83. The van der Waals surface area contributed by atoms with Crippen molar-refractivity contribution in [2.45, 2.75) is 12.5 Å². The van der Waals surface area contributed by atoms with Crippen molar-refractivity contribution >= 4 is 40.8 Å². The van der Waals surface area contributed by atoms with Gasteiger partial charge in [-0.25, -0.2) is 9.69 Å². The van der Waals surface area contributed by atoms with Crippen LogP contribution in [-0.2, 0) is 9.59 Å². The number of halogens is 1. The highest BCUT2D eigenvalue weighted by atomic mass is 35.5. The summed E-state index contributed by atoms with van der Waals surface area (Å²) in [6.07, 6.45) is 0.00470. The van der Waals surface area contributed by atoms with Gasteiger partial charge in [0.1, 0.15) is 6.04 Å². The summed E-state index contributed by atoms with van der Waals surface area (Å²) in [5.74, 6) is -1.76. The predicted octanol–water partition coefficient (Wildman–Crippen LogP) is 2.78. The fourth-order valence-electron chi connectivity index (χ4n) is 2.54. The molecule has 1 heterocycles. The molecule has 122 valence electrons. The number of anilines is 2. The molecule has 2 aromatic carbocycles. The van der Waals surface area contributed by atoms with Gasteiger partial charge >= 0.3 is 5.97 Å². The first-order valence-electron chi connectivity index (χ1n) is 7.18. The summed E-state index contributed by atoms with van der Waals surface area (Å²) < 4.78 is 0. The minimum absolute atomic E-state index is 0.00470. The number of para-hydroxylation sites is 1. The van der Waals surface area contributed by atoms with E-state index in [-0.39, 0.29) is 17.9 Å². The van der Waals surface area contributed by atoms with Gasteiger partial charge < -0.3 is 10.4 Å². The number of carboxylic acid groups (broad SMARTS) is 1. The van der Waals surface area contributed by atoms with Gasteiger partial charge in [-0.1, -0.05) is 23.7 Å². The minimum atomic E-state index is -1.03. The van der Waals surface area contributed by atoms with Crippen molar-refractivity contribution in [2.75, 3.05) is 10.2 Å². The van der Waals surface area contributed by atoms with Gasteiger partial charge in [-0.15, -0.1) is 0 Å². The Balaban J connectivity index is 1.79. The molecule has 1 atom stereocenters. The normalized spacial score (nSPS) is 17.2. The number of rotatable bonds is 4. The van der Waals surface area contributed by atoms with Crippen molar-refractivity contribution in [3.8, 4) is 0 Å². The van der Waals surface area contributed by atoms with Gasteiger partial charge in [0, 0.05) is 5.69 Å². The molecule has 1 aliphatic rings. The van der Waals surface area contributed by atoms with Crippen LogP contribution in [0.2, 0.25) is 5.02 Å². The van der Waals surface area contributed by atoms with Crippen LogP contribution < -0.4 is 10.2 Å². The summed E-state index contributed by atoms with van der Waals surface area (Å²) in [5, 5.41) is 12.2. The second-order valence-corrected chi connectivity index (χ2v) is 5.71. The monoisotopic (exact) mass is 344 g/mol. The third-order valence-corrected chi connectivity index (χ3v) is 4.03. The number of amides is 2. The summed E-state index contributed by atoms with van der Waals surface area (Å²) in [5.41, 5.74) is 1.07. The fraction of sp³-hybridized carbons (Fsp3) is 0.118. The van der Waals surface area contributed by atoms with Crippen molar-refractivity contribution < 1.29 is 19.5 Å². The highest BCUT2D eigenvalue weighted by Crippen LogP contribution is 2.30. The third-order valence-electron chi connectivity index (χ3n) is 3.71. The van der Waals surface area contributed by atoms with Crippen molar-refractivity contribution in [1.29, 1.82) is 0 Å². The molecule has 6 nitrogen and oxygen atoms in total. The number of aromatic carboxylic acids is 1. The first kappa shape index (κ1) is 16.0. The number of hydrogen-bond donors (Lipinski definition) is 2. The van der Waals surface area contributed by atoms with Gasteiger partial charge in [0.2, 0.25) is 5.91 Å². The van der Waals surface area contributed by atoms with E-state index in [4.69, 9.17) is 16.7 Å². The molecule has 0 spiro atoms. The van der Waals surface area contributed by atoms with Crippen LogP contribution in [0, 0.1) is 0 Å². The maximum atomic E-state index is 12.5. The van der Waals surface area contributed by atoms with E-state index < -0.39 is 17.9 Å². The molecule has 24 heavy (non-hydrogen) atoms. The molecular formula is C17H13ClN2O4. The summed E-state index contributed by atoms with van der Waals surface area (Å²) >= 11 is 6.07. The topological polar surface area (TPSA) is 86.7 Å². The lowest BCUT2D eigenvalue weighted by atomic mass is 10.2. The Morgan fingerprint density at radius 3 is 2.42 bits per heavy atom. The highest BCUT2D eigenvalue weighted by molar-refractivity contribution is 6.36. The minimum Gasteiger partial charge on any atom is -0.478 e. The first-order valence-corrected chi connectivity index (χ1v) is 7.56. The van der Waals surface area contributed by atoms with Crippen LogP contribution in [0.4, 0.5) is 11.4 Å². The first-order chi connectivity index (χ1) is 11.5. The third kappa shape index (κ3) is 2.96. The van der Waals surface area contributed by atoms with Crippen LogP contribution in [0.1, 0.15) is 16.8 Å². The van der Waals surface area contributed by atoms with E-state index in [0.717, 1.165) is 4.90 Å². The molecule has 2 amide bonds. The number of benzene rings is 2. The lowest BCUT2D eigenvalue weighted by molar-refractivity contribution is -0.121. The lowest BCUT2D eigenvalue weighted by Crippen LogP contribution is -2.35. The van der Waals surface area contributed by atoms with Crippen LogP contribution >= 0.6 is 11.6 Å². The largest absolute Gasteiger partial charge is 0.478 e. The van der Waals surface area contributed by atoms with Crippen molar-refractivity contribution in [2.24, 2.45) is 0 Å². The zero-order valence-electron chi connectivity index (χ0n) is 12.4. The fourth-order valence-corrected chi connectivity index (χ4v) is 2.76. The SMILES string of the molecule is O=C(O)c1ccc(N[C@@H]2CC(=O)N(c3ccccc3Cl)C2=O)cc1. The van der Waals surface area contributed by atoms with E-state index in [9.17, 15) is 14.4 Å². The summed E-state index contributed by atoms with van der Waals surface area (Å²) in [4.78, 5) is 36.7. The zero-order valence-corrected chi connectivity index (χ0v) is 13.2. The molecule has 1 fully saturated rings. The standard InChI is InChI=1S/C17H13ClN2O4/c18-12-3-1-2-4-14(12)20-15(21)9-13(16(20)22)19-11-7-5-10(6-8-11)17(23)24/h1-8,13,19H,9H2,(H,23,24)/t13-/m1/s1. The Hall–Kier alpha value is -2.86. The molecule has 0 unspecified atom stereocenters. The molecule has 1 saturated heterocycles. The Morgan fingerprint density at radius 1 is 1.12 bits per heavy atom. The van der Waals surface area contributed by atoms with Crippen LogP contribution in [0.3, 0.4) is 0 Å². The number of imide groups is 1. The number of carbonyl (C=O) groups excluding carboxylic acids is 2. The quantitative estimate of drug-likeness (QED) is 0.833. The molecular weight excluding hydrogens is 332 g/mol. The Morgan fingerprint density at radius 2 is 1.79 bits per heavy atom. The average molecular weight is 345 g/mol. The predicted molar refractivity (Wildman–Crippen MR) is 89.4 cm³/mol. The van der Waals surface area contributed by atoms with Crippen molar-refractivity contribution in [3.05, 3.63) is 59.1 Å². The van der Waals surface area contributed by atoms with E-state index >= 15 is 0 Å². The molecule has 2 N–H and O–H groups in total. The van der Waals surface area contributed by atoms with E-state index in [1.54, 1.807) is 36.4 Å². The number of carbonyl (C=O) groups is 3. The van der Waals surface area contributed by atoms with Gasteiger partial charge in [-0.05, 0) is 36.4 Å². The molecule has 7 heteroatoms. The molecule has 0 bridgehead atoms. The van der Waals surface area contributed by atoms with Gasteiger partial charge in [0.05, 0.1) is 22.7 Å². The number of nitrogens with zero attached hydrogens (tertiary/aromatic N) is 1. The van der Waals surface area contributed by atoms with Crippen LogP contribution in [-0.4, -0.2) is 28.9 Å². The smallest absolute Gasteiger partial charge is 0.335 e. The van der Waals surface area contributed by atoms with Crippen LogP contribution in [0.15, 0.2) is 48.5 Å². The maximum absolute atomic E-state index is 12.5. The van der Waals surface area contributed by atoms with E-state index in [1.165, 1.54) is 12.1 Å². The maximum Gasteiger partial charge on any atom is 0.335 e. The zero-order chi connectivity index (χ0) is 17.3. The second kappa shape index (κ2) is 6.33.